The molecule has 424 valence electrons. The smallest absolute Gasteiger partial charge is 0.0727 e. The van der Waals surface area contributed by atoms with Gasteiger partial charge in [0.25, 0.3) is 0 Å². The zero-order valence-electron chi connectivity index (χ0n) is 51.2. The number of hydrogen-bond acceptors (Lipinski definition) is 3. The van der Waals surface area contributed by atoms with E-state index in [1.54, 1.807) is 0 Å². The van der Waals surface area contributed by atoms with E-state index in [4.69, 9.17) is 0 Å². The standard InChI is InChI=1S/C84H73N3/c1-55-9-25-63(26-10-55)27-46-75(64-28-11-56(2)12-29-64)65-30-47-76-77-48-43-72(85(66-31-13-57(3)14-32-66)67-33-15-58(4)16-34-67)52-81(77)84(80(76)51-65)82-53-73(86(68-35-17-59(5)18-36-68)69-37-19-60(6)20-38-69)44-49-78(82)79-50-45-74(54-83(79)84)87(70-39-21-61(7)22-40-70)71-41-23-62(8)24-42-71/h9-26,28-45,47-54,75H,27,46H2,1-8H3. The van der Waals surface area contributed by atoms with Crippen LogP contribution in [0.25, 0.3) is 22.3 Å². The Morgan fingerprint density at radius 3 is 0.770 bits per heavy atom. The summed E-state index contributed by atoms with van der Waals surface area (Å²) in [6.45, 7) is 17.4. The molecule has 1 unspecified atom stereocenters. The zero-order valence-corrected chi connectivity index (χ0v) is 51.2. The minimum absolute atomic E-state index is 0.127. The molecule has 0 heterocycles. The van der Waals surface area contributed by atoms with Crippen LogP contribution >= 0.6 is 0 Å². The van der Waals surface area contributed by atoms with E-state index in [1.165, 1.54) is 106 Å². The quantitative estimate of drug-likeness (QED) is 0.107. The van der Waals surface area contributed by atoms with Crippen LogP contribution in [0.4, 0.5) is 51.2 Å². The van der Waals surface area contributed by atoms with E-state index in [9.17, 15) is 0 Å². The summed E-state index contributed by atoms with van der Waals surface area (Å²) < 4.78 is 0. The lowest BCUT2D eigenvalue weighted by Gasteiger charge is -2.34. The number of nitrogens with zero attached hydrogens (tertiary/aromatic N) is 3. The second-order valence-electron chi connectivity index (χ2n) is 24.8. The van der Waals surface area contributed by atoms with Crippen LogP contribution in [0, 0.1) is 55.4 Å². The molecule has 0 radical (unpaired) electrons. The van der Waals surface area contributed by atoms with Crippen molar-refractivity contribution in [2.45, 2.75) is 79.6 Å². The van der Waals surface area contributed by atoms with Gasteiger partial charge < -0.3 is 14.7 Å². The van der Waals surface area contributed by atoms with Gasteiger partial charge in [-0.05, 0) is 239 Å². The maximum atomic E-state index is 2.64. The molecule has 2 aliphatic rings. The van der Waals surface area contributed by atoms with Crippen molar-refractivity contribution in [2.75, 3.05) is 14.7 Å². The number of anilines is 9. The van der Waals surface area contributed by atoms with E-state index < -0.39 is 5.41 Å². The van der Waals surface area contributed by atoms with E-state index in [-0.39, 0.29) is 5.92 Å². The van der Waals surface area contributed by atoms with Crippen molar-refractivity contribution in [3.63, 3.8) is 0 Å². The van der Waals surface area contributed by atoms with Crippen molar-refractivity contribution in [1.82, 2.24) is 0 Å². The van der Waals surface area contributed by atoms with Crippen LogP contribution in [0.3, 0.4) is 0 Å². The third kappa shape index (κ3) is 10.1. The van der Waals surface area contributed by atoms with Gasteiger partial charge >= 0.3 is 0 Å². The topological polar surface area (TPSA) is 9.72 Å². The summed E-state index contributed by atoms with van der Waals surface area (Å²) in [5, 5.41) is 0. The lowest BCUT2D eigenvalue weighted by atomic mass is 9.69. The minimum Gasteiger partial charge on any atom is -0.310 e. The van der Waals surface area contributed by atoms with Gasteiger partial charge in [-0.15, -0.1) is 0 Å². The highest BCUT2D eigenvalue weighted by atomic mass is 15.2. The molecule has 0 saturated carbocycles. The summed E-state index contributed by atoms with van der Waals surface area (Å²) >= 11 is 0. The van der Waals surface area contributed by atoms with Crippen molar-refractivity contribution >= 4 is 51.2 Å². The lowest BCUT2D eigenvalue weighted by Crippen LogP contribution is -2.27. The molecule has 1 spiro atoms. The second kappa shape index (κ2) is 22.5. The molecule has 0 N–H and O–H groups in total. The molecule has 3 heteroatoms. The Balaban J connectivity index is 1.08. The number of aryl methyl sites for hydroxylation is 9. The number of benzene rings is 12. The first-order valence-corrected chi connectivity index (χ1v) is 30.9. The molecule has 0 bridgehead atoms. The first-order valence-electron chi connectivity index (χ1n) is 30.9. The van der Waals surface area contributed by atoms with E-state index in [0.717, 1.165) is 64.0 Å². The monoisotopic (exact) mass is 1120 g/mol. The summed E-state index contributed by atoms with van der Waals surface area (Å²) in [6.07, 6.45) is 1.92. The van der Waals surface area contributed by atoms with Crippen LogP contribution in [0.2, 0.25) is 0 Å². The van der Waals surface area contributed by atoms with E-state index in [2.05, 4.69) is 337 Å². The Labute approximate surface area is 515 Å². The van der Waals surface area contributed by atoms with Gasteiger partial charge in [0.15, 0.2) is 0 Å². The molecule has 0 aromatic heterocycles. The first-order chi connectivity index (χ1) is 42.4. The van der Waals surface area contributed by atoms with Gasteiger partial charge in [0.1, 0.15) is 0 Å². The molecule has 0 fully saturated rings. The van der Waals surface area contributed by atoms with Crippen LogP contribution in [-0.2, 0) is 11.8 Å². The fourth-order valence-corrected chi connectivity index (χ4v) is 13.7. The van der Waals surface area contributed by atoms with Crippen molar-refractivity contribution in [1.29, 1.82) is 0 Å². The van der Waals surface area contributed by atoms with Gasteiger partial charge in [-0.25, -0.2) is 0 Å². The third-order valence-corrected chi connectivity index (χ3v) is 18.5. The molecule has 0 amide bonds. The normalized spacial score (nSPS) is 12.7. The predicted octanol–water partition coefficient (Wildman–Crippen LogP) is 22.7. The highest BCUT2D eigenvalue weighted by Gasteiger charge is 2.53. The van der Waals surface area contributed by atoms with Crippen molar-refractivity contribution in [3.05, 3.63) is 350 Å². The maximum absolute atomic E-state index is 2.64. The van der Waals surface area contributed by atoms with Gasteiger partial charge in [-0.2, -0.15) is 0 Å². The van der Waals surface area contributed by atoms with Crippen LogP contribution in [0.5, 0.6) is 0 Å². The summed E-state index contributed by atoms with van der Waals surface area (Å²) in [5.41, 5.74) is 33.2. The van der Waals surface area contributed by atoms with Gasteiger partial charge in [0.2, 0.25) is 0 Å². The van der Waals surface area contributed by atoms with Crippen LogP contribution < -0.4 is 14.7 Å². The van der Waals surface area contributed by atoms with E-state index >= 15 is 0 Å². The molecule has 1 atom stereocenters. The second-order valence-corrected chi connectivity index (χ2v) is 24.8. The average molecular weight is 1120 g/mol. The number of fused-ring (bicyclic) bond motifs is 10. The Morgan fingerprint density at radius 2 is 0.471 bits per heavy atom. The first kappa shape index (κ1) is 54.9. The molecule has 0 aliphatic heterocycles. The maximum Gasteiger partial charge on any atom is 0.0727 e. The summed E-state index contributed by atoms with van der Waals surface area (Å²) in [5.74, 6) is 0.127. The van der Waals surface area contributed by atoms with Gasteiger partial charge in [0, 0.05) is 57.1 Å². The Bertz CT molecular complexity index is 4050. The van der Waals surface area contributed by atoms with Crippen molar-refractivity contribution < 1.29 is 0 Å². The number of rotatable bonds is 14. The Hall–Kier alpha value is -9.96. The average Bonchev–Trinajstić information content (AvgIpc) is 1.51. The molecule has 14 rings (SSSR count). The molecule has 12 aromatic rings. The highest BCUT2D eigenvalue weighted by molar-refractivity contribution is 5.99. The van der Waals surface area contributed by atoms with E-state index in [1.807, 2.05) is 0 Å². The predicted molar refractivity (Wildman–Crippen MR) is 368 cm³/mol. The summed E-state index contributed by atoms with van der Waals surface area (Å²) in [6, 6.07) is 102. The summed E-state index contributed by atoms with van der Waals surface area (Å²) in [7, 11) is 0. The molecule has 3 nitrogen and oxygen atoms in total. The largest absolute Gasteiger partial charge is 0.310 e. The molecule has 0 saturated heterocycles. The number of hydrogen-bond donors (Lipinski definition) is 0. The van der Waals surface area contributed by atoms with Crippen LogP contribution in [0.15, 0.2) is 267 Å². The van der Waals surface area contributed by atoms with Gasteiger partial charge in [-0.1, -0.05) is 202 Å². The molecular weight excluding hydrogens is 1050 g/mol. The zero-order chi connectivity index (χ0) is 59.5. The SMILES string of the molecule is Cc1ccc(CCC(c2ccc(C)cc2)c2ccc3c(c2)C2(c4cc(N(c5ccc(C)cc5)c5ccc(C)cc5)ccc4-3)c3cc(N(c4ccc(C)cc4)c4ccc(C)cc4)ccc3-c3ccc(N(c4ccc(C)cc4)c4ccc(C)cc4)cc32)cc1. The Morgan fingerprint density at radius 1 is 0.241 bits per heavy atom. The third-order valence-electron chi connectivity index (χ3n) is 18.5. The fourth-order valence-electron chi connectivity index (χ4n) is 13.7. The fraction of sp³-hybridized carbons (Fsp3) is 0.143. The van der Waals surface area contributed by atoms with Crippen molar-refractivity contribution in [2.24, 2.45) is 0 Å². The van der Waals surface area contributed by atoms with Crippen LogP contribution in [0.1, 0.15) is 95.8 Å². The molecule has 87 heavy (non-hydrogen) atoms. The minimum atomic E-state index is -0.799. The van der Waals surface area contributed by atoms with Crippen molar-refractivity contribution in [3.8, 4) is 22.3 Å². The van der Waals surface area contributed by atoms with Gasteiger partial charge in [0.05, 0.1) is 5.41 Å². The lowest BCUT2D eigenvalue weighted by molar-refractivity contribution is 0.710. The molecule has 2 aliphatic carbocycles. The Kier molecular flexibility index (Phi) is 14.2. The summed E-state index contributed by atoms with van der Waals surface area (Å²) in [4.78, 5) is 7.36. The molecule has 12 aromatic carbocycles. The van der Waals surface area contributed by atoms with E-state index in [0.29, 0.717) is 0 Å². The highest BCUT2D eigenvalue weighted by Crippen LogP contribution is 2.65. The molecular formula is C84H73N3. The van der Waals surface area contributed by atoms with Crippen LogP contribution in [-0.4, -0.2) is 0 Å². The van der Waals surface area contributed by atoms with Gasteiger partial charge in [-0.3, -0.25) is 0 Å².